The summed E-state index contributed by atoms with van der Waals surface area (Å²) in [6.07, 6.45) is 6.19. The van der Waals surface area contributed by atoms with Crippen molar-refractivity contribution in [3.8, 4) is 0 Å². The van der Waals surface area contributed by atoms with Crippen molar-refractivity contribution in [2.45, 2.75) is 25.3 Å². The van der Waals surface area contributed by atoms with Crippen LogP contribution in [-0.4, -0.2) is 49.6 Å². The Morgan fingerprint density at radius 1 is 1.45 bits per heavy atom. The molecule has 1 aliphatic heterocycles. The molecular formula is C13H19N3O3S. The molecule has 0 aliphatic carbocycles. The Balaban J connectivity index is 1.83. The van der Waals surface area contributed by atoms with E-state index in [-0.39, 0.29) is 11.9 Å². The second-order valence-electron chi connectivity index (χ2n) is 5.08. The molecule has 1 N–H and O–H groups in total. The van der Waals surface area contributed by atoms with Crippen LogP contribution in [-0.2, 0) is 21.2 Å². The maximum atomic E-state index is 12.1. The number of carbonyl (C=O) groups is 1. The van der Waals surface area contributed by atoms with Crippen molar-refractivity contribution in [1.29, 1.82) is 0 Å². The van der Waals surface area contributed by atoms with Gasteiger partial charge in [0.25, 0.3) is 0 Å². The Bertz CT molecular complexity index is 551. The van der Waals surface area contributed by atoms with E-state index in [0.29, 0.717) is 32.4 Å². The van der Waals surface area contributed by atoms with Crippen LogP contribution in [0.4, 0.5) is 0 Å². The zero-order valence-corrected chi connectivity index (χ0v) is 12.3. The van der Waals surface area contributed by atoms with Crippen molar-refractivity contribution in [3.05, 3.63) is 30.1 Å². The summed E-state index contributed by atoms with van der Waals surface area (Å²) in [6, 6.07) is 3.63. The molecule has 1 aromatic heterocycles. The normalized spacial score (nSPS) is 17.1. The van der Waals surface area contributed by atoms with Gasteiger partial charge in [-0.2, -0.15) is 0 Å². The molecule has 0 unspecified atom stereocenters. The summed E-state index contributed by atoms with van der Waals surface area (Å²) >= 11 is 0. The molecule has 1 saturated heterocycles. The lowest BCUT2D eigenvalue weighted by Crippen LogP contribution is -2.46. The van der Waals surface area contributed by atoms with E-state index in [1.165, 1.54) is 0 Å². The highest BCUT2D eigenvalue weighted by Crippen LogP contribution is 2.12. The molecule has 20 heavy (non-hydrogen) atoms. The third kappa shape index (κ3) is 4.57. The van der Waals surface area contributed by atoms with Gasteiger partial charge in [0.1, 0.15) is 0 Å². The van der Waals surface area contributed by atoms with Crippen LogP contribution in [0.3, 0.4) is 0 Å². The van der Waals surface area contributed by atoms with Gasteiger partial charge in [-0.15, -0.1) is 0 Å². The minimum absolute atomic E-state index is 0.0626. The number of rotatable bonds is 4. The SMILES string of the molecule is CS(=O)(=O)NC1CCN(C(=O)Cc2cccnc2)CC1. The van der Waals surface area contributed by atoms with E-state index in [1.54, 1.807) is 17.3 Å². The minimum atomic E-state index is -3.17. The van der Waals surface area contributed by atoms with Gasteiger partial charge < -0.3 is 4.90 Å². The van der Waals surface area contributed by atoms with Gasteiger partial charge in [0.2, 0.25) is 15.9 Å². The zero-order valence-electron chi connectivity index (χ0n) is 11.4. The standard InChI is InChI=1S/C13H19N3O3S/c1-20(18,19)15-12-4-7-16(8-5-12)13(17)9-11-3-2-6-14-10-11/h2-3,6,10,12,15H,4-5,7-9H2,1H3. The lowest BCUT2D eigenvalue weighted by Gasteiger charge is -2.32. The lowest BCUT2D eigenvalue weighted by molar-refractivity contribution is -0.131. The van der Waals surface area contributed by atoms with Crippen LogP contribution in [0.15, 0.2) is 24.5 Å². The second kappa shape index (κ2) is 6.32. The van der Waals surface area contributed by atoms with Gasteiger partial charge >= 0.3 is 0 Å². The van der Waals surface area contributed by atoms with Crippen molar-refractivity contribution in [3.63, 3.8) is 0 Å². The lowest BCUT2D eigenvalue weighted by atomic mass is 10.1. The maximum Gasteiger partial charge on any atom is 0.227 e. The fourth-order valence-electron chi connectivity index (χ4n) is 2.34. The van der Waals surface area contributed by atoms with Crippen LogP contribution >= 0.6 is 0 Å². The summed E-state index contributed by atoms with van der Waals surface area (Å²) in [5.74, 6) is 0.0656. The molecule has 0 aromatic carbocycles. The van der Waals surface area contributed by atoms with Gasteiger partial charge in [0.15, 0.2) is 0 Å². The Kier molecular flexibility index (Phi) is 4.72. The van der Waals surface area contributed by atoms with E-state index in [2.05, 4.69) is 9.71 Å². The molecule has 1 amide bonds. The molecule has 2 heterocycles. The second-order valence-corrected chi connectivity index (χ2v) is 6.86. The Morgan fingerprint density at radius 2 is 2.15 bits per heavy atom. The predicted octanol–water partition coefficient (Wildman–Crippen LogP) is 0.164. The average Bonchev–Trinajstić information content (AvgIpc) is 2.39. The van der Waals surface area contributed by atoms with Gasteiger partial charge in [-0.25, -0.2) is 13.1 Å². The number of likely N-dealkylation sites (tertiary alicyclic amines) is 1. The highest BCUT2D eigenvalue weighted by Gasteiger charge is 2.24. The largest absolute Gasteiger partial charge is 0.342 e. The molecule has 0 atom stereocenters. The van der Waals surface area contributed by atoms with Crippen LogP contribution in [0.5, 0.6) is 0 Å². The molecule has 1 aromatic rings. The van der Waals surface area contributed by atoms with Crippen molar-refractivity contribution >= 4 is 15.9 Å². The van der Waals surface area contributed by atoms with Crippen LogP contribution in [0.2, 0.25) is 0 Å². The van der Waals surface area contributed by atoms with E-state index in [0.717, 1.165) is 11.8 Å². The molecule has 0 bridgehead atoms. The number of hydrogen-bond acceptors (Lipinski definition) is 4. The first-order valence-corrected chi connectivity index (χ1v) is 8.47. The van der Waals surface area contributed by atoms with E-state index in [4.69, 9.17) is 0 Å². The molecule has 6 nitrogen and oxygen atoms in total. The average molecular weight is 297 g/mol. The fraction of sp³-hybridized carbons (Fsp3) is 0.538. The molecule has 1 aliphatic rings. The summed E-state index contributed by atoms with van der Waals surface area (Å²) in [7, 11) is -3.17. The molecule has 1 fully saturated rings. The third-order valence-electron chi connectivity index (χ3n) is 3.31. The molecular weight excluding hydrogens is 278 g/mol. The number of nitrogens with zero attached hydrogens (tertiary/aromatic N) is 2. The van der Waals surface area contributed by atoms with Gasteiger partial charge in [-0.05, 0) is 24.5 Å². The summed E-state index contributed by atoms with van der Waals surface area (Å²) < 4.78 is 24.9. The molecule has 0 spiro atoms. The van der Waals surface area contributed by atoms with Gasteiger partial charge in [0, 0.05) is 31.5 Å². The smallest absolute Gasteiger partial charge is 0.227 e. The van der Waals surface area contributed by atoms with Crippen molar-refractivity contribution in [1.82, 2.24) is 14.6 Å². The van der Waals surface area contributed by atoms with Crippen molar-refractivity contribution < 1.29 is 13.2 Å². The number of aromatic nitrogens is 1. The first-order chi connectivity index (χ1) is 9.44. The van der Waals surface area contributed by atoms with Crippen LogP contribution in [0, 0.1) is 0 Å². The summed E-state index contributed by atoms with van der Waals surface area (Å²) in [5, 5.41) is 0. The van der Waals surface area contributed by atoms with E-state index >= 15 is 0 Å². The fourth-order valence-corrected chi connectivity index (χ4v) is 3.18. The summed E-state index contributed by atoms with van der Waals surface area (Å²) in [5.41, 5.74) is 0.897. The zero-order chi connectivity index (χ0) is 14.6. The maximum absolute atomic E-state index is 12.1. The molecule has 7 heteroatoms. The van der Waals surface area contributed by atoms with E-state index in [9.17, 15) is 13.2 Å². The first-order valence-electron chi connectivity index (χ1n) is 6.58. The first kappa shape index (κ1) is 14.9. The monoisotopic (exact) mass is 297 g/mol. The highest BCUT2D eigenvalue weighted by atomic mass is 32.2. The number of sulfonamides is 1. The van der Waals surface area contributed by atoms with E-state index < -0.39 is 10.0 Å². The van der Waals surface area contributed by atoms with Gasteiger partial charge in [-0.3, -0.25) is 9.78 Å². The number of hydrogen-bond donors (Lipinski definition) is 1. The number of pyridine rings is 1. The minimum Gasteiger partial charge on any atom is -0.342 e. The van der Waals surface area contributed by atoms with E-state index in [1.807, 2.05) is 12.1 Å². The summed E-state index contributed by atoms with van der Waals surface area (Å²) in [6.45, 7) is 1.18. The van der Waals surface area contributed by atoms with Crippen molar-refractivity contribution in [2.24, 2.45) is 0 Å². The highest BCUT2D eigenvalue weighted by molar-refractivity contribution is 7.88. The molecule has 2 rings (SSSR count). The molecule has 110 valence electrons. The van der Waals surface area contributed by atoms with Crippen molar-refractivity contribution in [2.75, 3.05) is 19.3 Å². The molecule has 0 saturated carbocycles. The van der Waals surface area contributed by atoms with Crippen LogP contribution < -0.4 is 4.72 Å². The predicted molar refractivity (Wildman–Crippen MR) is 75.5 cm³/mol. The number of piperidine rings is 1. The Morgan fingerprint density at radius 3 is 2.70 bits per heavy atom. The molecule has 0 radical (unpaired) electrons. The third-order valence-corrected chi connectivity index (χ3v) is 4.07. The number of nitrogens with one attached hydrogen (secondary N) is 1. The van der Waals surface area contributed by atoms with Gasteiger partial charge in [0.05, 0.1) is 12.7 Å². The topological polar surface area (TPSA) is 79.4 Å². The number of carbonyl (C=O) groups excluding carboxylic acids is 1. The quantitative estimate of drug-likeness (QED) is 0.859. The van der Waals surface area contributed by atoms with Crippen LogP contribution in [0.1, 0.15) is 18.4 Å². The Labute approximate surface area is 119 Å². The Hall–Kier alpha value is -1.47. The van der Waals surface area contributed by atoms with Crippen LogP contribution in [0.25, 0.3) is 0 Å². The van der Waals surface area contributed by atoms with Gasteiger partial charge in [-0.1, -0.05) is 6.07 Å². The number of amides is 1. The summed E-state index contributed by atoms with van der Waals surface area (Å²) in [4.78, 5) is 17.9.